The SMILES string of the molecule is O=C(OCCOCCOCCOCCOCCOCCOCCOCCOCCOCCOCCOCCOCc1ccccc1)C(=O)c1ccccc1. The number of ether oxygens (including phenoxy) is 13. The van der Waals surface area contributed by atoms with Crippen LogP contribution in [0.5, 0.6) is 0 Å². The van der Waals surface area contributed by atoms with Gasteiger partial charge < -0.3 is 61.6 Å². The molecule has 2 rings (SSSR count). The molecule has 0 amide bonds. The summed E-state index contributed by atoms with van der Waals surface area (Å²) < 4.78 is 70.6. The van der Waals surface area contributed by atoms with Gasteiger partial charge in [-0.25, -0.2) is 4.79 Å². The summed E-state index contributed by atoms with van der Waals surface area (Å²) in [5, 5.41) is 0. The molecule has 306 valence electrons. The fraction of sp³-hybridized carbons (Fsp3) is 0.641. The minimum Gasteiger partial charge on any atom is -0.457 e. The van der Waals surface area contributed by atoms with Crippen LogP contribution in [-0.2, 0) is 73.0 Å². The summed E-state index contributed by atoms with van der Waals surface area (Å²) in [6, 6.07) is 18.3. The van der Waals surface area contributed by atoms with Gasteiger partial charge in [0.25, 0.3) is 5.78 Å². The number of carbonyl (C=O) groups is 2. The average molecular weight is 769 g/mol. The van der Waals surface area contributed by atoms with Crippen LogP contribution in [0.4, 0.5) is 0 Å². The van der Waals surface area contributed by atoms with Crippen molar-refractivity contribution in [2.75, 3.05) is 159 Å². The Morgan fingerprint density at radius 3 is 0.889 bits per heavy atom. The third-order valence-electron chi connectivity index (χ3n) is 6.89. The molecule has 0 fully saturated rings. The highest BCUT2D eigenvalue weighted by Gasteiger charge is 2.17. The van der Waals surface area contributed by atoms with Gasteiger partial charge in [-0.1, -0.05) is 60.7 Å². The van der Waals surface area contributed by atoms with Crippen LogP contribution >= 0.6 is 0 Å². The molecule has 0 aliphatic carbocycles. The number of rotatable bonds is 40. The Morgan fingerprint density at radius 2 is 0.574 bits per heavy atom. The minimum atomic E-state index is -0.899. The molecular weight excluding hydrogens is 708 g/mol. The summed E-state index contributed by atoms with van der Waals surface area (Å²) in [7, 11) is 0. The normalized spacial score (nSPS) is 11.3. The molecule has 0 bridgehead atoms. The van der Waals surface area contributed by atoms with E-state index in [4.69, 9.17) is 61.6 Å². The standard InChI is InChI=1S/C39H60O15/c40-38(37-9-5-2-6-10-37)39(41)54-34-33-52-30-29-50-26-25-48-22-21-46-18-17-44-14-13-42-11-12-43-15-16-45-19-20-47-23-24-49-27-28-51-31-32-53-35-36-7-3-1-4-8-36/h1-10H,11-35H2. The van der Waals surface area contributed by atoms with Crippen LogP contribution < -0.4 is 0 Å². The van der Waals surface area contributed by atoms with Crippen molar-refractivity contribution in [2.24, 2.45) is 0 Å². The first-order valence-corrected chi connectivity index (χ1v) is 18.5. The molecule has 0 saturated heterocycles. The topological polar surface area (TPSA) is 154 Å². The predicted molar refractivity (Wildman–Crippen MR) is 197 cm³/mol. The lowest BCUT2D eigenvalue weighted by Crippen LogP contribution is -2.20. The Balaban J connectivity index is 1.14. The number of carbonyl (C=O) groups excluding carboxylic acids is 2. The Hall–Kier alpha value is -2.90. The van der Waals surface area contributed by atoms with Crippen LogP contribution in [0, 0.1) is 0 Å². The zero-order valence-corrected chi connectivity index (χ0v) is 31.6. The number of ketones is 1. The van der Waals surface area contributed by atoms with E-state index in [0.717, 1.165) is 5.56 Å². The number of hydrogen-bond acceptors (Lipinski definition) is 15. The predicted octanol–water partition coefficient (Wildman–Crippen LogP) is 2.81. The number of Topliss-reactive ketones (excluding diaryl/α,β-unsaturated/α-hetero) is 1. The van der Waals surface area contributed by atoms with Gasteiger partial charge in [0.2, 0.25) is 0 Å². The van der Waals surface area contributed by atoms with Crippen molar-refractivity contribution in [3.63, 3.8) is 0 Å². The molecule has 0 heterocycles. The fourth-order valence-corrected chi connectivity index (χ4v) is 4.15. The highest BCUT2D eigenvalue weighted by atomic mass is 16.6. The molecule has 0 aliphatic rings. The maximum Gasteiger partial charge on any atom is 0.379 e. The van der Waals surface area contributed by atoms with Crippen molar-refractivity contribution < 1.29 is 71.2 Å². The summed E-state index contributed by atoms with van der Waals surface area (Å²) in [5.74, 6) is -1.58. The highest BCUT2D eigenvalue weighted by molar-refractivity contribution is 6.40. The highest BCUT2D eigenvalue weighted by Crippen LogP contribution is 2.02. The number of hydrogen-bond donors (Lipinski definition) is 0. The second-order valence-electron chi connectivity index (χ2n) is 11.1. The van der Waals surface area contributed by atoms with E-state index < -0.39 is 11.8 Å². The molecule has 2 aromatic carbocycles. The Bertz CT molecular complexity index is 1110. The summed E-state index contributed by atoms with van der Waals surface area (Å²) in [4.78, 5) is 23.6. The van der Waals surface area contributed by atoms with E-state index in [2.05, 4.69) is 0 Å². The van der Waals surface area contributed by atoms with Crippen molar-refractivity contribution in [1.82, 2.24) is 0 Å². The zero-order valence-electron chi connectivity index (χ0n) is 31.6. The molecule has 15 nitrogen and oxygen atoms in total. The maximum absolute atomic E-state index is 11.9. The van der Waals surface area contributed by atoms with Crippen molar-refractivity contribution in [1.29, 1.82) is 0 Å². The maximum atomic E-state index is 11.9. The third-order valence-corrected chi connectivity index (χ3v) is 6.89. The van der Waals surface area contributed by atoms with E-state index in [1.54, 1.807) is 30.3 Å². The molecule has 0 saturated carbocycles. The van der Waals surface area contributed by atoms with E-state index in [1.165, 1.54) is 0 Å². The van der Waals surface area contributed by atoms with E-state index in [0.29, 0.717) is 158 Å². The van der Waals surface area contributed by atoms with Crippen LogP contribution in [0.25, 0.3) is 0 Å². The van der Waals surface area contributed by atoms with Crippen LogP contribution in [0.1, 0.15) is 15.9 Å². The van der Waals surface area contributed by atoms with E-state index in [-0.39, 0.29) is 13.2 Å². The second-order valence-corrected chi connectivity index (χ2v) is 11.1. The lowest BCUT2D eigenvalue weighted by atomic mass is 10.1. The molecule has 54 heavy (non-hydrogen) atoms. The van der Waals surface area contributed by atoms with Gasteiger partial charge in [0.05, 0.1) is 159 Å². The van der Waals surface area contributed by atoms with Gasteiger partial charge in [-0.3, -0.25) is 4.79 Å². The van der Waals surface area contributed by atoms with Crippen molar-refractivity contribution in [2.45, 2.75) is 6.61 Å². The summed E-state index contributed by atoms with van der Waals surface area (Å²) in [6.45, 7) is 11.3. The van der Waals surface area contributed by atoms with E-state index in [1.807, 2.05) is 30.3 Å². The molecule has 0 N–H and O–H groups in total. The number of benzene rings is 2. The van der Waals surface area contributed by atoms with Gasteiger partial charge in [-0.05, 0) is 5.56 Å². The molecule has 0 aliphatic heterocycles. The molecule has 2 aromatic rings. The average Bonchev–Trinajstić information content (AvgIpc) is 3.20. The Labute approximate surface area is 319 Å². The first-order chi connectivity index (χ1) is 26.8. The zero-order chi connectivity index (χ0) is 38.3. The quantitative estimate of drug-likeness (QED) is 0.0422. The lowest BCUT2D eigenvalue weighted by Gasteiger charge is -2.09. The molecule has 0 atom stereocenters. The van der Waals surface area contributed by atoms with Crippen LogP contribution in [0.15, 0.2) is 60.7 Å². The molecule has 0 aromatic heterocycles. The third kappa shape index (κ3) is 29.5. The molecule has 0 spiro atoms. The first-order valence-electron chi connectivity index (χ1n) is 18.5. The summed E-state index contributed by atoms with van der Waals surface area (Å²) in [5.41, 5.74) is 1.45. The summed E-state index contributed by atoms with van der Waals surface area (Å²) >= 11 is 0. The smallest absolute Gasteiger partial charge is 0.379 e. The first kappa shape index (κ1) is 47.3. The van der Waals surface area contributed by atoms with Gasteiger partial charge in [0.1, 0.15) is 6.61 Å². The van der Waals surface area contributed by atoms with Crippen molar-refractivity contribution in [3.05, 3.63) is 71.8 Å². The van der Waals surface area contributed by atoms with Crippen molar-refractivity contribution in [3.8, 4) is 0 Å². The van der Waals surface area contributed by atoms with Crippen LogP contribution in [0.3, 0.4) is 0 Å². The van der Waals surface area contributed by atoms with E-state index in [9.17, 15) is 9.59 Å². The lowest BCUT2D eigenvalue weighted by molar-refractivity contribution is -0.139. The largest absolute Gasteiger partial charge is 0.457 e. The Morgan fingerprint density at radius 1 is 0.315 bits per heavy atom. The van der Waals surface area contributed by atoms with Crippen molar-refractivity contribution >= 4 is 11.8 Å². The van der Waals surface area contributed by atoms with E-state index >= 15 is 0 Å². The van der Waals surface area contributed by atoms with Gasteiger partial charge in [-0.2, -0.15) is 0 Å². The van der Waals surface area contributed by atoms with Gasteiger partial charge in [-0.15, -0.1) is 0 Å². The second kappa shape index (κ2) is 37.0. The Kier molecular flexibility index (Phi) is 32.4. The molecule has 0 unspecified atom stereocenters. The molecule has 15 heteroatoms. The number of esters is 1. The monoisotopic (exact) mass is 768 g/mol. The van der Waals surface area contributed by atoms with Gasteiger partial charge in [0.15, 0.2) is 0 Å². The molecular formula is C39H60O15. The van der Waals surface area contributed by atoms with Crippen LogP contribution in [0.2, 0.25) is 0 Å². The minimum absolute atomic E-state index is 0.00482. The van der Waals surface area contributed by atoms with Gasteiger partial charge in [0, 0.05) is 5.56 Å². The van der Waals surface area contributed by atoms with Gasteiger partial charge >= 0.3 is 5.97 Å². The van der Waals surface area contributed by atoms with Crippen LogP contribution in [-0.4, -0.2) is 170 Å². The summed E-state index contributed by atoms with van der Waals surface area (Å²) in [6.07, 6.45) is 0. The molecule has 0 radical (unpaired) electrons. The fourth-order valence-electron chi connectivity index (χ4n) is 4.15.